The lowest BCUT2D eigenvalue weighted by atomic mass is 10.1. The molecule has 0 aromatic heterocycles. The predicted molar refractivity (Wildman–Crippen MR) is 60.9 cm³/mol. The Balaban J connectivity index is 2.32. The van der Waals surface area contributed by atoms with Gasteiger partial charge in [-0.1, -0.05) is 12.8 Å². The van der Waals surface area contributed by atoms with Gasteiger partial charge in [0, 0.05) is 19.1 Å². The highest BCUT2D eigenvalue weighted by molar-refractivity contribution is 5.66. The van der Waals surface area contributed by atoms with Gasteiger partial charge in [0.25, 0.3) is 0 Å². The van der Waals surface area contributed by atoms with Crippen LogP contribution in [0.15, 0.2) is 0 Å². The zero-order valence-electron chi connectivity index (χ0n) is 9.91. The van der Waals surface area contributed by atoms with Crippen LogP contribution in [0.1, 0.15) is 46.0 Å². The Kier molecular flexibility index (Phi) is 5.09. The van der Waals surface area contributed by atoms with E-state index in [0.717, 1.165) is 12.5 Å². The van der Waals surface area contributed by atoms with Gasteiger partial charge in [-0.3, -0.25) is 4.79 Å². The quantitative estimate of drug-likeness (QED) is 0.736. The summed E-state index contributed by atoms with van der Waals surface area (Å²) in [7, 11) is 0. The fraction of sp³-hybridized carbons (Fsp3) is 0.917. The van der Waals surface area contributed by atoms with Gasteiger partial charge in [0.2, 0.25) is 0 Å². The van der Waals surface area contributed by atoms with E-state index in [-0.39, 0.29) is 6.42 Å². The minimum atomic E-state index is -0.688. The topological polar surface area (TPSA) is 40.5 Å². The zero-order chi connectivity index (χ0) is 11.3. The van der Waals surface area contributed by atoms with Crippen LogP contribution in [0.5, 0.6) is 0 Å². The number of hydrogen-bond acceptors (Lipinski definition) is 2. The van der Waals surface area contributed by atoms with Crippen LogP contribution < -0.4 is 0 Å². The minimum absolute atomic E-state index is 0.269. The van der Waals surface area contributed by atoms with Crippen LogP contribution in [-0.4, -0.2) is 35.1 Å². The van der Waals surface area contributed by atoms with Crippen molar-refractivity contribution < 1.29 is 9.90 Å². The van der Waals surface area contributed by atoms with Crippen molar-refractivity contribution in [2.75, 3.05) is 13.1 Å². The predicted octanol–water partition coefficient (Wildman–Crippen LogP) is 2.36. The Morgan fingerprint density at radius 2 is 2.00 bits per heavy atom. The van der Waals surface area contributed by atoms with Gasteiger partial charge in [0.15, 0.2) is 0 Å². The molecule has 88 valence electrons. The number of nitrogens with zero attached hydrogens (tertiary/aromatic N) is 1. The monoisotopic (exact) mass is 213 g/mol. The second-order valence-corrected chi connectivity index (χ2v) is 4.88. The molecule has 0 unspecified atom stereocenters. The molecule has 0 heterocycles. The third kappa shape index (κ3) is 4.65. The molecular formula is C12H23NO2. The molecule has 0 aromatic carbocycles. The van der Waals surface area contributed by atoms with E-state index in [2.05, 4.69) is 18.7 Å². The smallest absolute Gasteiger partial charge is 0.304 e. The third-order valence-electron chi connectivity index (χ3n) is 3.31. The molecule has 1 aliphatic rings. The van der Waals surface area contributed by atoms with Crippen molar-refractivity contribution in [3.05, 3.63) is 0 Å². The van der Waals surface area contributed by atoms with E-state index in [1.54, 1.807) is 0 Å². The van der Waals surface area contributed by atoms with Crippen LogP contribution in [0.3, 0.4) is 0 Å². The van der Waals surface area contributed by atoms with Crippen molar-refractivity contribution in [1.29, 1.82) is 0 Å². The minimum Gasteiger partial charge on any atom is -0.481 e. The van der Waals surface area contributed by atoms with Crippen LogP contribution >= 0.6 is 0 Å². The number of aliphatic carboxylic acids is 1. The van der Waals surface area contributed by atoms with Gasteiger partial charge in [0.1, 0.15) is 0 Å². The van der Waals surface area contributed by atoms with Crippen LogP contribution in [0.4, 0.5) is 0 Å². The lowest BCUT2D eigenvalue weighted by Gasteiger charge is -2.28. The highest BCUT2D eigenvalue weighted by Gasteiger charge is 2.20. The summed E-state index contributed by atoms with van der Waals surface area (Å²) in [6.45, 7) is 6.09. The van der Waals surface area contributed by atoms with Crippen LogP contribution in [0.25, 0.3) is 0 Å². The molecule has 1 saturated carbocycles. The summed E-state index contributed by atoms with van der Waals surface area (Å²) in [4.78, 5) is 12.8. The van der Waals surface area contributed by atoms with Crippen LogP contribution in [0.2, 0.25) is 0 Å². The van der Waals surface area contributed by atoms with E-state index in [4.69, 9.17) is 5.11 Å². The second-order valence-electron chi connectivity index (χ2n) is 4.88. The van der Waals surface area contributed by atoms with E-state index in [0.29, 0.717) is 12.6 Å². The first kappa shape index (κ1) is 12.5. The maximum absolute atomic E-state index is 10.5. The molecule has 3 nitrogen and oxygen atoms in total. The molecule has 0 amide bonds. The van der Waals surface area contributed by atoms with E-state index < -0.39 is 5.97 Å². The first-order valence-corrected chi connectivity index (χ1v) is 6.05. The zero-order valence-corrected chi connectivity index (χ0v) is 9.91. The molecule has 0 bridgehead atoms. The van der Waals surface area contributed by atoms with E-state index >= 15 is 0 Å². The fourth-order valence-corrected chi connectivity index (χ4v) is 2.32. The maximum atomic E-state index is 10.5. The number of carbonyl (C=O) groups is 1. The van der Waals surface area contributed by atoms with Gasteiger partial charge < -0.3 is 10.0 Å². The van der Waals surface area contributed by atoms with E-state index in [1.165, 1.54) is 25.7 Å². The van der Waals surface area contributed by atoms with Crippen molar-refractivity contribution in [1.82, 2.24) is 4.90 Å². The number of carboxylic acids is 1. The molecule has 1 aliphatic carbocycles. The summed E-state index contributed by atoms with van der Waals surface area (Å²) >= 11 is 0. The van der Waals surface area contributed by atoms with Crippen molar-refractivity contribution in [3.63, 3.8) is 0 Å². The van der Waals surface area contributed by atoms with Crippen molar-refractivity contribution in [2.24, 2.45) is 5.92 Å². The fourth-order valence-electron chi connectivity index (χ4n) is 2.32. The molecule has 0 radical (unpaired) electrons. The third-order valence-corrected chi connectivity index (χ3v) is 3.31. The highest BCUT2D eigenvalue weighted by atomic mass is 16.4. The molecule has 1 rings (SSSR count). The molecule has 1 fully saturated rings. The summed E-state index contributed by atoms with van der Waals surface area (Å²) in [6.07, 6.45) is 5.64. The molecule has 3 heteroatoms. The molecule has 0 aromatic rings. The second kappa shape index (κ2) is 6.11. The summed E-state index contributed by atoms with van der Waals surface area (Å²) in [5.41, 5.74) is 0. The summed E-state index contributed by atoms with van der Waals surface area (Å²) in [5.74, 6) is 0.119. The van der Waals surface area contributed by atoms with Crippen molar-refractivity contribution >= 4 is 5.97 Å². The summed E-state index contributed by atoms with van der Waals surface area (Å²) in [6, 6.07) is 0.463. The maximum Gasteiger partial charge on any atom is 0.304 e. The molecule has 0 spiro atoms. The normalized spacial score (nSPS) is 17.9. The Hall–Kier alpha value is -0.570. The molecule has 0 saturated heterocycles. The van der Waals surface area contributed by atoms with Crippen molar-refractivity contribution in [2.45, 2.75) is 52.0 Å². The SMILES string of the molecule is CC(C)N(CCC(=O)O)CC1CCCC1. The Labute approximate surface area is 92.5 Å². The lowest BCUT2D eigenvalue weighted by Crippen LogP contribution is -2.36. The van der Waals surface area contributed by atoms with Gasteiger partial charge in [-0.25, -0.2) is 0 Å². The van der Waals surface area contributed by atoms with E-state index in [9.17, 15) is 4.79 Å². The molecule has 0 atom stereocenters. The average molecular weight is 213 g/mol. The first-order valence-electron chi connectivity index (χ1n) is 6.05. The number of carboxylic acid groups (broad SMARTS) is 1. The molecule has 0 aliphatic heterocycles. The number of rotatable bonds is 6. The largest absolute Gasteiger partial charge is 0.481 e. The Morgan fingerprint density at radius 1 is 1.40 bits per heavy atom. The van der Waals surface area contributed by atoms with Crippen LogP contribution in [-0.2, 0) is 4.79 Å². The van der Waals surface area contributed by atoms with Crippen LogP contribution in [0, 0.1) is 5.92 Å². The van der Waals surface area contributed by atoms with Gasteiger partial charge in [-0.05, 0) is 32.6 Å². The van der Waals surface area contributed by atoms with E-state index in [1.807, 2.05) is 0 Å². The Morgan fingerprint density at radius 3 is 2.47 bits per heavy atom. The lowest BCUT2D eigenvalue weighted by molar-refractivity contribution is -0.137. The highest BCUT2D eigenvalue weighted by Crippen LogP contribution is 2.26. The average Bonchev–Trinajstić information content (AvgIpc) is 2.63. The molecule has 15 heavy (non-hydrogen) atoms. The van der Waals surface area contributed by atoms with Crippen molar-refractivity contribution in [3.8, 4) is 0 Å². The van der Waals surface area contributed by atoms with Gasteiger partial charge in [-0.15, -0.1) is 0 Å². The van der Waals surface area contributed by atoms with Gasteiger partial charge in [0.05, 0.1) is 6.42 Å². The van der Waals surface area contributed by atoms with Gasteiger partial charge in [-0.2, -0.15) is 0 Å². The molecular weight excluding hydrogens is 190 g/mol. The van der Waals surface area contributed by atoms with Gasteiger partial charge >= 0.3 is 5.97 Å². The first-order chi connectivity index (χ1) is 7.09. The number of hydrogen-bond donors (Lipinski definition) is 1. The summed E-state index contributed by atoms with van der Waals surface area (Å²) in [5, 5.41) is 8.68. The standard InChI is InChI=1S/C12H23NO2/c1-10(2)13(8-7-12(14)15)9-11-5-3-4-6-11/h10-11H,3-9H2,1-2H3,(H,14,15). The summed E-state index contributed by atoms with van der Waals surface area (Å²) < 4.78 is 0. The molecule has 1 N–H and O–H groups in total. The Bertz CT molecular complexity index is 198.